The molecule has 2 saturated heterocycles. The van der Waals surface area contributed by atoms with Gasteiger partial charge in [0, 0.05) is 19.6 Å². The van der Waals surface area contributed by atoms with Gasteiger partial charge >= 0.3 is 18.2 Å². The first-order valence-corrected chi connectivity index (χ1v) is 21.9. The third-order valence-corrected chi connectivity index (χ3v) is 11.2. The first-order valence-electron chi connectivity index (χ1n) is 21.9. The van der Waals surface area contributed by atoms with E-state index in [-0.39, 0.29) is 25.4 Å². The number of carbonyl (C=O) groups excluding carboxylic acids is 3. The highest BCUT2D eigenvalue weighted by atomic mass is 16.8. The summed E-state index contributed by atoms with van der Waals surface area (Å²) in [7, 11) is 0. The quantitative estimate of drug-likeness (QED) is 0.0797. The highest BCUT2D eigenvalue weighted by Crippen LogP contribution is 2.44. The maximum atomic E-state index is 14.6. The van der Waals surface area contributed by atoms with Crippen LogP contribution in [0.2, 0.25) is 0 Å². The zero-order valence-corrected chi connectivity index (χ0v) is 39.0. The summed E-state index contributed by atoms with van der Waals surface area (Å²) in [5.74, 6) is -1.30. The van der Waals surface area contributed by atoms with Gasteiger partial charge < -0.3 is 49.7 Å². The van der Waals surface area contributed by atoms with Gasteiger partial charge in [0.2, 0.25) is 0 Å². The van der Waals surface area contributed by atoms with Crippen molar-refractivity contribution in [1.29, 1.82) is 0 Å². The number of hydrogen-bond acceptors (Lipinski definition) is 14. The molecule has 2 amide bonds. The second-order valence-corrected chi connectivity index (χ2v) is 20.0. The Morgan fingerprint density at radius 1 is 0.844 bits per heavy atom. The van der Waals surface area contributed by atoms with Crippen LogP contribution in [-0.2, 0) is 39.8 Å². The fraction of sp³-hybridized carbons (Fsp3) is 0.574. The van der Waals surface area contributed by atoms with E-state index >= 15 is 0 Å². The zero-order valence-electron chi connectivity index (χ0n) is 39.0. The highest BCUT2D eigenvalue weighted by molar-refractivity contribution is 5.87. The number of alkyl carbamates (subject to hydrolysis) is 2. The number of aromatic nitrogens is 4. The van der Waals surface area contributed by atoms with Gasteiger partial charge in [0.25, 0.3) is 0 Å². The Kier molecular flexibility index (Phi) is 14.3. The number of imidazole rings is 1. The summed E-state index contributed by atoms with van der Waals surface area (Å²) in [6.45, 7) is 21.2. The molecule has 0 radical (unpaired) electrons. The minimum absolute atomic E-state index is 0.00481. The van der Waals surface area contributed by atoms with Crippen molar-refractivity contribution < 1.29 is 42.8 Å². The minimum atomic E-state index is -1.58. The lowest BCUT2D eigenvalue weighted by Crippen LogP contribution is -2.65. The third-order valence-electron chi connectivity index (χ3n) is 11.2. The van der Waals surface area contributed by atoms with Gasteiger partial charge in [0.05, 0.1) is 12.4 Å². The molecule has 2 aromatic heterocycles. The van der Waals surface area contributed by atoms with Crippen LogP contribution in [0.4, 0.5) is 15.4 Å². The molecule has 0 saturated carbocycles. The van der Waals surface area contributed by atoms with Crippen molar-refractivity contribution in [3.63, 3.8) is 0 Å². The molecule has 17 nitrogen and oxygen atoms in total. The third kappa shape index (κ3) is 11.9. The van der Waals surface area contributed by atoms with E-state index in [0.717, 1.165) is 11.1 Å². The van der Waals surface area contributed by atoms with Crippen molar-refractivity contribution in [3.05, 3.63) is 84.4 Å². The second-order valence-electron chi connectivity index (χ2n) is 20.0. The SMILES string of the molecule is CC(C)(C)OC(=O)NC(CCN(CCC(NC(=O)OCc1ccccc1)(C(=O)OC(C)(C)C)C(C)(C)C)C[C@H]1O[C@@H](n2cnc3c(N)ncnc32)[C@@H]2OC(C)(C)O[C@@H]21)c1ccccc1. The summed E-state index contributed by atoms with van der Waals surface area (Å²) in [5.41, 5.74) is 4.72. The molecular formula is C47H66N8O9. The molecule has 4 aromatic rings. The van der Waals surface area contributed by atoms with Crippen LogP contribution in [0.15, 0.2) is 73.3 Å². The first kappa shape index (κ1) is 48.1. The van der Waals surface area contributed by atoms with Crippen molar-refractivity contribution in [1.82, 2.24) is 35.1 Å². The van der Waals surface area contributed by atoms with Crippen LogP contribution in [0, 0.1) is 5.41 Å². The van der Waals surface area contributed by atoms with E-state index < -0.39 is 76.7 Å². The second kappa shape index (κ2) is 19.0. The molecule has 0 spiro atoms. The summed E-state index contributed by atoms with van der Waals surface area (Å²) in [6, 6.07) is 18.5. The fourth-order valence-corrected chi connectivity index (χ4v) is 8.11. The molecule has 64 heavy (non-hydrogen) atoms. The molecule has 0 bridgehead atoms. The van der Waals surface area contributed by atoms with Gasteiger partial charge in [-0.3, -0.25) is 4.57 Å². The summed E-state index contributed by atoms with van der Waals surface area (Å²) in [4.78, 5) is 57.0. The number of nitrogens with one attached hydrogen (secondary N) is 2. The number of anilines is 1. The molecule has 2 fully saturated rings. The Bertz CT molecular complexity index is 2220. The molecule has 2 aliphatic heterocycles. The van der Waals surface area contributed by atoms with E-state index in [4.69, 9.17) is 34.2 Å². The molecule has 4 heterocycles. The van der Waals surface area contributed by atoms with Crippen molar-refractivity contribution in [2.45, 2.75) is 149 Å². The van der Waals surface area contributed by atoms with E-state index in [2.05, 4.69) is 30.5 Å². The van der Waals surface area contributed by atoms with Crippen molar-refractivity contribution in [2.75, 3.05) is 25.4 Å². The van der Waals surface area contributed by atoms with E-state index in [1.807, 2.05) is 116 Å². The number of hydrogen-bond donors (Lipinski definition) is 3. The standard InChI is InChI=1S/C47H66N8O9/c1-43(2,3)47(40(56)63-44(4,5)6,53-42(58)59-27-30-18-14-12-15-19-30)23-25-54(24-22-32(31-20-16-13-17-21-31)52-41(57)64-45(7,8)9)26-33-35-36(62-46(10,11)61-35)39(60-33)55-29-51-34-37(48)49-28-50-38(34)55/h12-21,28-29,32-33,35-36,39H,22-27H2,1-11H3,(H,52,57)(H,53,58)(H2,48,49,50)/t32?,33-,35-,36-,39-,47?/m1/s1. The van der Waals surface area contributed by atoms with E-state index in [1.54, 1.807) is 31.7 Å². The number of amides is 2. The number of esters is 1. The lowest BCUT2D eigenvalue weighted by Gasteiger charge is -2.45. The van der Waals surface area contributed by atoms with E-state index in [0.29, 0.717) is 30.7 Å². The van der Waals surface area contributed by atoms with Crippen LogP contribution >= 0.6 is 0 Å². The monoisotopic (exact) mass is 886 g/mol. The summed E-state index contributed by atoms with van der Waals surface area (Å²) < 4.78 is 39.2. The molecule has 6 rings (SSSR count). The van der Waals surface area contributed by atoms with Gasteiger partial charge in [0.1, 0.15) is 53.5 Å². The molecule has 2 unspecified atom stereocenters. The van der Waals surface area contributed by atoms with Crippen molar-refractivity contribution in [2.24, 2.45) is 5.41 Å². The molecule has 2 aromatic carbocycles. The van der Waals surface area contributed by atoms with Crippen LogP contribution < -0.4 is 16.4 Å². The Balaban J connectivity index is 1.35. The molecular weight excluding hydrogens is 821 g/mol. The smallest absolute Gasteiger partial charge is 0.408 e. The first-order chi connectivity index (χ1) is 29.9. The molecule has 6 atom stereocenters. The average molecular weight is 887 g/mol. The normalized spacial score (nSPS) is 21.2. The largest absolute Gasteiger partial charge is 0.458 e. The molecule has 2 aliphatic rings. The molecule has 0 aliphatic carbocycles. The average Bonchev–Trinajstić information content (AvgIpc) is 3.87. The number of carbonyl (C=O) groups is 3. The Labute approximate surface area is 376 Å². The van der Waals surface area contributed by atoms with Gasteiger partial charge in [-0.05, 0) is 84.8 Å². The number of nitrogens with zero attached hydrogens (tertiary/aromatic N) is 5. The number of benzene rings is 2. The summed E-state index contributed by atoms with van der Waals surface area (Å²) >= 11 is 0. The Hall–Kier alpha value is -5.36. The van der Waals surface area contributed by atoms with Crippen molar-refractivity contribution in [3.8, 4) is 0 Å². The van der Waals surface area contributed by atoms with Crippen LogP contribution in [-0.4, -0.2) is 103 Å². The van der Waals surface area contributed by atoms with E-state index in [1.165, 1.54) is 6.33 Å². The maximum Gasteiger partial charge on any atom is 0.408 e. The molecule has 348 valence electrons. The Morgan fingerprint density at radius 3 is 2.12 bits per heavy atom. The van der Waals surface area contributed by atoms with Crippen LogP contribution in [0.5, 0.6) is 0 Å². The number of fused-ring (bicyclic) bond motifs is 2. The van der Waals surface area contributed by atoms with Gasteiger partial charge in [-0.25, -0.2) is 29.3 Å². The van der Waals surface area contributed by atoms with E-state index in [9.17, 15) is 14.4 Å². The van der Waals surface area contributed by atoms with Gasteiger partial charge in [0.15, 0.2) is 23.5 Å². The minimum Gasteiger partial charge on any atom is -0.458 e. The van der Waals surface area contributed by atoms with Crippen LogP contribution in [0.1, 0.15) is 112 Å². The summed E-state index contributed by atoms with van der Waals surface area (Å²) in [6.07, 6.45) is -0.144. The topological polar surface area (TPSA) is 204 Å². The van der Waals surface area contributed by atoms with Gasteiger partial charge in [-0.1, -0.05) is 81.4 Å². The lowest BCUT2D eigenvalue weighted by molar-refractivity contribution is -0.198. The lowest BCUT2D eigenvalue weighted by atomic mass is 9.71. The van der Waals surface area contributed by atoms with Crippen molar-refractivity contribution >= 4 is 35.1 Å². The molecule has 17 heteroatoms. The molecule has 4 N–H and O–H groups in total. The van der Waals surface area contributed by atoms with Crippen LogP contribution in [0.25, 0.3) is 11.2 Å². The number of nitrogen functional groups attached to an aromatic ring is 1. The van der Waals surface area contributed by atoms with Crippen LogP contribution in [0.3, 0.4) is 0 Å². The fourth-order valence-electron chi connectivity index (χ4n) is 8.11. The van der Waals surface area contributed by atoms with Gasteiger partial charge in [-0.15, -0.1) is 0 Å². The predicted molar refractivity (Wildman–Crippen MR) is 239 cm³/mol. The number of ether oxygens (including phenoxy) is 6. The predicted octanol–water partition coefficient (Wildman–Crippen LogP) is 7.23. The maximum absolute atomic E-state index is 14.6. The summed E-state index contributed by atoms with van der Waals surface area (Å²) in [5, 5.41) is 6.09. The number of nitrogens with two attached hydrogens (primary N) is 1. The highest BCUT2D eigenvalue weighted by Gasteiger charge is 2.57. The number of rotatable bonds is 15. The zero-order chi connectivity index (χ0) is 46.7. The van der Waals surface area contributed by atoms with Gasteiger partial charge in [-0.2, -0.15) is 0 Å². The Morgan fingerprint density at radius 2 is 1.48 bits per heavy atom.